The molecular weight excluding hydrogens is 242 g/mol. The fourth-order valence-electron chi connectivity index (χ4n) is 2.86. The Labute approximate surface area is 126 Å². The largest absolute Gasteiger partial charge is 0.316 e. The second-order valence-electron chi connectivity index (χ2n) is 6.53. The summed E-state index contributed by atoms with van der Waals surface area (Å²) in [5.74, 6) is 2.38. The van der Waals surface area contributed by atoms with E-state index in [0.29, 0.717) is 0 Å². The molecule has 0 radical (unpaired) electrons. The molecule has 1 unspecified atom stereocenters. The van der Waals surface area contributed by atoms with E-state index < -0.39 is 0 Å². The van der Waals surface area contributed by atoms with Crippen molar-refractivity contribution in [2.75, 3.05) is 13.1 Å². The lowest BCUT2D eigenvalue weighted by Crippen LogP contribution is -2.28. The van der Waals surface area contributed by atoms with Crippen molar-refractivity contribution >= 4 is 0 Å². The van der Waals surface area contributed by atoms with E-state index in [1.807, 2.05) is 0 Å². The molecule has 0 fully saturated rings. The SMILES string of the molecule is CCC(CC)CC(CNCC(C)C)Cc1ccccc1. The summed E-state index contributed by atoms with van der Waals surface area (Å²) >= 11 is 0. The first-order chi connectivity index (χ1) is 9.65. The number of hydrogen-bond acceptors (Lipinski definition) is 1. The summed E-state index contributed by atoms with van der Waals surface area (Å²) < 4.78 is 0. The highest BCUT2D eigenvalue weighted by atomic mass is 14.9. The minimum Gasteiger partial charge on any atom is -0.316 e. The van der Waals surface area contributed by atoms with Crippen LogP contribution in [0.4, 0.5) is 0 Å². The molecule has 1 nitrogen and oxygen atoms in total. The Hall–Kier alpha value is -0.820. The van der Waals surface area contributed by atoms with E-state index in [0.717, 1.165) is 30.8 Å². The number of benzene rings is 1. The van der Waals surface area contributed by atoms with Gasteiger partial charge in [-0.2, -0.15) is 0 Å². The van der Waals surface area contributed by atoms with Gasteiger partial charge in [0.15, 0.2) is 0 Å². The maximum atomic E-state index is 3.66. The normalized spacial score (nSPS) is 13.1. The zero-order valence-electron chi connectivity index (χ0n) is 13.9. The maximum Gasteiger partial charge on any atom is -0.00171 e. The summed E-state index contributed by atoms with van der Waals surface area (Å²) in [4.78, 5) is 0. The standard InChI is InChI=1S/C19H33N/c1-5-17(6-2)12-19(15-20-14-16(3)4)13-18-10-8-7-9-11-18/h7-11,16-17,19-20H,5-6,12-15H2,1-4H3. The summed E-state index contributed by atoms with van der Waals surface area (Å²) in [6, 6.07) is 11.0. The summed E-state index contributed by atoms with van der Waals surface area (Å²) in [7, 11) is 0. The lowest BCUT2D eigenvalue weighted by atomic mass is 9.86. The first-order valence-electron chi connectivity index (χ1n) is 8.40. The lowest BCUT2D eigenvalue weighted by molar-refractivity contribution is 0.333. The number of rotatable bonds is 10. The summed E-state index contributed by atoms with van der Waals surface area (Å²) in [5.41, 5.74) is 1.48. The van der Waals surface area contributed by atoms with Gasteiger partial charge in [-0.25, -0.2) is 0 Å². The Morgan fingerprint density at radius 1 is 0.900 bits per heavy atom. The molecule has 114 valence electrons. The molecule has 0 aromatic heterocycles. The van der Waals surface area contributed by atoms with Crippen molar-refractivity contribution < 1.29 is 0 Å². The molecule has 0 aliphatic rings. The van der Waals surface area contributed by atoms with Gasteiger partial charge in [-0.3, -0.25) is 0 Å². The van der Waals surface area contributed by atoms with Crippen molar-refractivity contribution in [2.45, 2.75) is 53.4 Å². The summed E-state index contributed by atoms with van der Waals surface area (Å²) in [6.07, 6.45) is 5.19. The first-order valence-corrected chi connectivity index (χ1v) is 8.40. The van der Waals surface area contributed by atoms with Crippen LogP contribution in [0.2, 0.25) is 0 Å². The molecule has 0 heterocycles. The van der Waals surface area contributed by atoms with Gasteiger partial charge in [0, 0.05) is 0 Å². The maximum absolute atomic E-state index is 3.66. The molecule has 1 N–H and O–H groups in total. The molecule has 0 bridgehead atoms. The number of hydrogen-bond donors (Lipinski definition) is 1. The van der Waals surface area contributed by atoms with Crippen molar-refractivity contribution in [3.8, 4) is 0 Å². The van der Waals surface area contributed by atoms with Crippen LogP contribution in [0.25, 0.3) is 0 Å². The van der Waals surface area contributed by atoms with Crippen molar-refractivity contribution in [1.29, 1.82) is 0 Å². The minimum absolute atomic E-state index is 0.737. The highest BCUT2D eigenvalue weighted by Crippen LogP contribution is 2.22. The number of nitrogens with one attached hydrogen (secondary N) is 1. The Balaban J connectivity index is 2.53. The van der Waals surface area contributed by atoms with Crippen LogP contribution in [0, 0.1) is 17.8 Å². The van der Waals surface area contributed by atoms with Crippen molar-refractivity contribution in [3.05, 3.63) is 35.9 Å². The zero-order chi connectivity index (χ0) is 14.8. The molecule has 0 saturated carbocycles. The molecular formula is C19H33N. The van der Waals surface area contributed by atoms with E-state index in [4.69, 9.17) is 0 Å². The third kappa shape index (κ3) is 7.09. The van der Waals surface area contributed by atoms with Gasteiger partial charge in [0.05, 0.1) is 0 Å². The predicted octanol–water partition coefficient (Wildman–Crippen LogP) is 4.92. The van der Waals surface area contributed by atoms with Gasteiger partial charge in [0.25, 0.3) is 0 Å². The van der Waals surface area contributed by atoms with Crippen LogP contribution in [-0.4, -0.2) is 13.1 Å². The summed E-state index contributed by atoms with van der Waals surface area (Å²) in [5, 5.41) is 3.66. The van der Waals surface area contributed by atoms with Crippen LogP contribution in [0.15, 0.2) is 30.3 Å². The van der Waals surface area contributed by atoms with Gasteiger partial charge in [-0.05, 0) is 49.2 Å². The van der Waals surface area contributed by atoms with E-state index in [2.05, 4.69) is 63.3 Å². The van der Waals surface area contributed by atoms with E-state index in [-0.39, 0.29) is 0 Å². The molecule has 0 aliphatic carbocycles. The molecule has 20 heavy (non-hydrogen) atoms. The fourth-order valence-corrected chi connectivity index (χ4v) is 2.86. The monoisotopic (exact) mass is 275 g/mol. The topological polar surface area (TPSA) is 12.0 Å². The van der Waals surface area contributed by atoms with Crippen molar-refractivity contribution in [1.82, 2.24) is 5.32 Å². The summed E-state index contributed by atoms with van der Waals surface area (Å²) in [6.45, 7) is 11.5. The second kappa shape index (κ2) is 9.99. The fraction of sp³-hybridized carbons (Fsp3) is 0.684. The predicted molar refractivity (Wildman–Crippen MR) is 90.0 cm³/mol. The molecule has 1 rings (SSSR count). The molecule has 1 aromatic rings. The molecule has 1 heteroatoms. The highest BCUT2D eigenvalue weighted by molar-refractivity contribution is 5.15. The van der Waals surface area contributed by atoms with Crippen LogP contribution < -0.4 is 5.32 Å². The van der Waals surface area contributed by atoms with Gasteiger partial charge in [0.1, 0.15) is 0 Å². The minimum atomic E-state index is 0.737. The van der Waals surface area contributed by atoms with Crippen molar-refractivity contribution in [2.24, 2.45) is 17.8 Å². The molecule has 1 aromatic carbocycles. The van der Waals surface area contributed by atoms with Gasteiger partial charge < -0.3 is 5.32 Å². The average Bonchev–Trinajstić information content (AvgIpc) is 2.45. The Bertz CT molecular complexity index is 327. The molecule has 0 saturated heterocycles. The molecule has 0 spiro atoms. The Morgan fingerprint density at radius 2 is 1.55 bits per heavy atom. The van der Waals surface area contributed by atoms with Crippen molar-refractivity contribution in [3.63, 3.8) is 0 Å². The average molecular weight is 275 g/mol. The van der Waals surface area contributed by atoms with Crippen LogP contribution in [0.5, 0.6) is 0 Å². The van der Waals surface area contributed by atoms with E-state index >= 15 is 0 Å². The second-order valence-corrected chi connectivity index (χ2v) is 6.53. The lowest BCUT2D eigenvalue weighted by Gasteiger charge is -2.23. The van der Waals surface area contributed by atoms with Gasteiger partial charge in [0.2, 0.25) is 0 Å². The van der Waals surface area contributed by atoms with E-state index in [1.165, 1.54) is 31.2 Å². The third-order valence-corrected chi connectivity index (χ3v) is 4.17. The third-order valence-electron chi connectivity index (χ3n) is 4.17. The van der Waals surface area contributed by atoms with Crippen LogP contribution >= 0.6 is 0 Å². The quantitative estimate of drug-likeness (QED) is 0.639. The van der Waals surface area contributed by atoms with Crippen LogP contribution in [0.3, 0.4) is 0 Å². The molecule has 0 amide bonds. The van der Waals surface area contributed by atoms with Crippen LogP contribution in [-0.2, 0) is 6.42 Å². The van der Waals surface area contributed by atoms with E-state index in [9.17, 15) is 0 Å². The smallest absolute Gasteiger partial charge is 0.00171 e. The highest BCUT2D eigenvalue weighted by Gasteiger charge is 2.15. The van der Waals surface area contributed by atoms with Gasteiger partial charge in [-0.1, -0.05) is 70.9 Å². The van der Waals surface area contributed by atoms with E-state index in [1.54, 1.807) is 0 Å². The Kier molecular flexibility index (Phi) is 8.60. The van der Waals surface area contributed by atoms with Gasteiger partial charge >= 0.3 is 0 Å². The zero-order valence-corrected chi connectivity index (χ0v) is 13.9. The first kappa shape index (κ1) is 17.2. The van der Waals surface area contributed by atoms with Gasteiger partial charge in [-0.15, -0.1) is 0 Å². The van der Waals surface area contributed by atoms with Crippen LogP contribution in [0.1, 0.15) is 52.5 Å². The molecule has 0 aliphatic heterocycles. The molecule has 1 atom stereocenters. The Morgan fingerprint density at radius 3 is 2.10 bits per heavy atom.